The molecule has 0 unspecified atom stereocenters. The van der Waals surface area contributed by atoms with Crippen LogP contribution < -0.4 is 10.5 Å². The molecule has 112 valence electrons. The summed E-state index contributed by atoms with van der Waals surface area (Å²) in [5, 5.41) is 8.96. The fourth-order valence-corrected chi connectivity index (χ4v) is 2.71. The smallest absolute Gasteiger partial charge is 0.337 e. The number of carbonyl (C=O) groups is 1. The summed E-state index contributed by atoms with van der Waals surface area (Å²) >= 11 is 0. The number of nitrogens with zero attached hydrogens (tertiary/aromatic N) is 1. The number of nitrogen functional groups attached to an aromatic ring is 1. The van der Waals surface area contributed by atoms with Crippen molar-refractivity contribution in [3.63, 3.8) is 0 Å². The van der Waals surface area contributed by atoms with Crippen molar-refractivity contribution in [2.75, 3.05) is 10.5 Å². The highest BCUT2D eigenvalue weighted by Gasteiger charge is 2.20. The van der Waals surface area contributed by atoms with Crippen molar-refractivity contribution >= 4 is 27.4 Å². The van der Waals surface area contributed by atoms with Crippen molar-refractivity contribution in [3.8, 4) is 0 Å². The lowest BCUT2D eigenvalue weighted by Gasteiger charge is -2.09. The maximum atomic E-state index is 12.2. The quantitative estimate of drug-likeness (QED) is 0.609. The fraction of sp³-hybridized carbons (Fsp3) is 0.167. The van der Waals surface area contributed by atoms with Gasteiger partial charge in [0.05, 0.1) is 17.4 Å². The molecule has 1 aromatic carbocycles. The summed E-state index contributed by atoms with van der Waals surface area (Å²) in [4.78, 5) is 17.7. The second kappa shape index (κ2) is 5.44. The number of rotatable bonds is 5. The zero-order valence-corrected chi connectivity index (χ0v) is 11.9. The predicted molar refractivity (Wildman–Crippen MR) is 76.6 cm³/mol. The number of sulfonamides is 1. The third-order valence-electron chi connectivity index (χ3n) is 2.75. The number of carboxylic acid groups (broad SMARTS) is 1. The molecule has 0 fully saturated rings. The van der Waals surface area contributed by atoms with Crippen LogP contribution in [0.15, 0.2) is 29.4 Å². The van der Waals surface area contributed by atoms with Crippen molar-refractivity contribution in [1.82, 2.24) is 9.97 Å². The van der Waals surface area contributed by atoms with E-state index in [1.54, 1.807) is 0 Å². The first-order chi connectivity index (χ1) is 9.83. The van der Waals surface area contributed by atoms with E-state index < -0.39 is 16.0 Å². The molecule has 1 heterocycles. The van der Waals surface area contributed by atoms with E-state index in [0.717, 1.165) is 0 Å². The Morgan fingerprint density at radius 1 is 1.48 bits per heavy atom. The van der Waals surface area contributed by atoms with E-state index >= 15 is 0 Å². The van der Waals surface area contributed by atoms with Gasteiger partial charge in [0, 0.05) is 12.1 Å². The van der Waals surface area contributed by atoms with Gasteiger partial charge in [-0.05, 0) is 18.2 Å². The molecule has 8 nitrogen and oxygen atoms in total. The summed E-state index contributed by atoms with van der Waals surface area (Å²) in [6.07, 6.45) is 1.73. The van der Waals surface area contributed by atoms with Crippen LogP contribution in [0.5, 0.6) is 0 Å². The number of nitrogens with one attached hydrogen (secondary N) is 2. The molecule has 21 heavy (non-hydrogen) atoms. The Morgan fingerprint density at radius 2 is 2.19 bits per heavy atom. The van der Waals surface area contributed by atoms with Crippen LogP contribution in [-0.2, 0) is 16.4 Å². The van der Waals surface area contributed by atoms with Crippen molar-refractivity contribution in [2.24, 2.45) is 0 Å². The van der Waals surface area contributed by atoms with Crippen LogP contribution in [0.25, 0.3) is 0 Å². The van der Waals surface area contributed by atoms with Gasteiger partial charge < -0.3 is 15.8 Å². The van der Waals surface area contributed by atoms with Gasteiger partial charge in [-0.1, -0.05) is 6.92 Å². The van der Waals surface area contributed by atoms with Crippen LogP contribution in [-0.4, -0.2) is 29.5 Å². The van der Waals surface area contributed by atoms with E-state index in [2.05, 4.69) is 14.7 Å². The highest BCUT2D eigenvalue weighted by atomic mass is 32.2. The minimum atomic E-state index is -3.94. The average molecular weight is 310 g/mol. The van der Waals surface area contributed by atoms with Gasteiger partial charge in [0.1, 0.15) is 5.82 Å². The molecule has 9 heteroatoms. The standard InChI is InChI=1S/C12H14N4O4S/c1-2-10-14-6-11(15-10)21(19,20)16-9-4-3-7(13)5-8(9)12(17)18/h3-6,16H,2,13H2,1H3,(H,14,15)(H,17,18). The molecule has 0 saturated carbocycles. The van der Waals surface area contributed by atoms with Crippen LogP contribution in [0, 0.1) is 0 Å². The molecule has 2 aromatic rings. The highest BCUT2D eigenvalue weighted by molar-refractivity contribution is 7.92. The average Bonchev–Trinajstić information content (AvgIpc) is 2.90. The van der Waals surface area contributed by atoms with Gasteiger partial charge in [-0.3, -0.25) is 4.72 Å². The van der Waals surface area contributed by atoms with Gasteiger partial charge in [0.15, 0.2) is 5.03 Å². The van der Waals surface area contributed by atoms with E-state index in [1.165, 1.54) is 24.4 Å². The number of aromatic carboxylic acids is 1. The summed E-state index contributed by atoms with van der Waals surface area (Å²) in [6, 6.07) is 3.90. The molecule has 0 aliphatic heterocycles. The van der Waals surface area contributed by atoms with Gasteiger partial charge in [0.25, 0.3) is 10.0 Å². The summed E-state index contributed by atoms with van der Waals surface area (Å²) in [7, 11) is -3.94. The Morgan fingerprint density at radius 3 is 2.76 bits per heavy atom. The van der Waals surface area contributed by atoms with E-state index in [4.69, 9.17) is 10.8 Å². The SMILES string of the molecule is CCc1ncc(S(=O)(=O)Nc2ccc(N)cc2C(=O)O)[nH]1. The zero-order chi connectivity index (χ0) is 15.6. The van der Waals surface area contributed by atoms with Crippen LogP contribution in [0.3, 0.4) is 0 Å². The first kappa shape index (κ1) is 14.9. The summed E-state index contributed by atoms with van der Waals surface area (Å²) in [5.41, 5.74) is 5.44. The number of imidazole rings is 1. The number of carboxylic acids is 1. The van der Waals surface area contributed by atoms with E-state index in [9.17, 15) is 13.2 Å². The molecule has 2 rings (SSSR count). The maximum Gasteiger partial charge on any atom is 0.337 e. The lowest BCUT2D eigenvalue weighted by Crippen LogP contribution is -2.16. The number of aromatic nitrogens is 2. The summed E-state index contributed by atoms with van der Waals surface area (Å²) in [6.45, 7) is 1.82. The fourth-order valence-electron chi connectivity index (χ4n) is 1.69. The molecule has 0 aliphatic carbocycles. The molecule has 1 aromatic heterocycles. The Hall–Kier alpha value is -2.55. The summed E-state index contributed by atoms with van der Waals surface area (Å²) < 4.78 is 26.6. The lowest BCUT2D eigenvalue weighted by molar-refractivity contribution is 0.0698. The normalized spacial score (nSPS) is 11.3. The van der Waals surface area contributed by atoms with E-state index in [0.29, 0.717) is 12.2 Å². The second-order valence-electron chi connectivity index (χ2n) is 4.26. The van der Waals surface area contributed by atoms with Gasteiger partial charge in [-0.25, -0.2) is 9.78 Å². The van der Waals surface area contributed by atoms with Crippen LogP contribution in [0.2, 0.25) is 0 Å². The Labute approximate surface area is 121 Å². The van der Waals surface area contributed by atoms with Crippen molar-refractivity contribution < 1.29 is 18.3 Å². The van der Waals surface area contributed by atoms with Crippen molar-refractivity contribution in [2.45, 2.75) is 18.4 Å². The van der Waals surface area contributed by atoms with E-state index in [-0.39, 0.29) is 22.0 Å². The van der Waals surface area contributed by atoms with Gasteiger partial charge in [-0.15, -0.1) is 0 Å². The molecule has 0 spiro atoms. The Kier molecular flexibility index (Phi) is 3.85. The maximum absolute atomic E-state index is 12.2. The predicted octanol–water partition coefficient (Wildman–Crippen LogP) is 1.05. The lowest BCUT2D eigenvalue weighted by atomic mass is 10.1. The number of anilines is 2. The monoisotopic (exact) mass is 310 g/mol. The molecule has 0 radical (unpaired) electrons. The number of nitrogens with two attached hydrogens (primary N) is 1. The number of hydrogen-bond acceptors (Lipinski definition) is 5. The van der Waals surface area contributed by atoms with Gasteiger partial charge in [0.2, 0.25) is 0 Å². The largest absolute Gasteiger partial charge is 0.478 e. The Bertz CT molecular complexity index is 782. The highest BCUT2D eigenvalue weighted by Crippen LogP contribution is 2.22. The third kappa shape index (κ3) is 3.14. The number of H-pyrrole nitrogens is 1. The third-order valence-corrected chi connectivity index (χ3v) is 4.02. The molecule has 0 aliphatic rings. The van der Waals surface area contributed by atoms with Crippen LogP contribution >= 0.6 is 0 Å². The molecule has 0 amide bonds. The van der Waals surface area contributed by atoms with Crippen LogP contribution in [0.1, 0.15) is 23.1 Å². The number of hydrogen-bond donors (Lipinski definition) is 4. The Balaban J connectivity index is 2.39. The number of benzene rings is 1. The molecule has 5 N–H and O–H groups in total. The second-order valence-corrected chi connectivity index (χ2v) is 5.91. The van der Waals surface area contributed by atoms with Crippen molar-refractivity contribution in [3.05, 3.63) is 35.8 Å². The van der Waals surface area contributed by atoms with Crippen molar-refractivity contribution in [1.29, 1.82) is 0 Å². The molecular formula is C12H14N4O4S. The molecular weight excluding hydrogens is 296 g/mol. The number of aromatic amines is 1. The van der Waals surface area contributed by atoms with Gasteiger partial charge >= 0.3 is 5.97 Å². The minimum absolute atomic E-state index is 0.0654. The summed E-state index contributed by atoms with van der Waals surface area (Å²) in [5.74, 6) is -0.759. The zero-order valence-electron chi connectivity index (χ0n) is 11.1. The van der Waals surface area contributed by atoms with Gasteiger partial charge in [-0.2, -0.15) is 8.42 Å². The molecule has 0 atom stereocenters. The van der Waals surface area contributed by atoms with Crippen LogP contribution in [0.4, 0.5) is 11.4 Å². The first-order valence-electron chi connectivity index (χ1n) is 6.03. The molecule has 0 saturated heterocycles. The first-order valence-corrected chi connectivity index (χ1v) is 7.51. The number of aryl methyl sites for hydroxylation is 1. The van der Waals surface area contributed by atoms with E-state index in [1.807, 2.05) is 6.92 Å². The minimum Gasteiger partial charge on any atom is -0.478 e. The topological polar surface area (TPSA) is 138 Å². The molecule has 0 bridgehead atoms.